The van der Waals surface area contributed by atoms with Crippen LogP contribution in [-0.2, 0) is 26.5 Å². The Morgan fingerprint density at radius 1 is 0.633 bits per heavy atom. The van der Waals surface area contributed by atoms with Gasteiger partial charge in [-0.15, -0.1) is 0 Å². The van der Waals surface area contributed by atoms with E-state index in [-0.39, 0.29) is 39.4 Å². The molecule has 2 unspecified atom stereocenters. The van der Waals surface area contributed by atoms with Crippen LogP contribution in [0.2, 0.25) is 0 Å². The second-order valence-electron chi connectivity index (χ2n) is 19.0. The maximum Gasteiger partial charge on any atom is 0.227 e. The molecule has 2 aromatic carbocycles. The van der Waals surface area contributed by atoms with Crippen LogP contribution in [0.1, 0.15) is 183 Å². The van der Waals surface area contributed by atoms with Gasteiger partial charge in [0, 0.05) is 36.2 Å². The van der Waals surface area contributed by atoms with Crippen molar-refractivity contribution in [3.05, 3.63) is 46.5 Å². The quantitative estimate of drug-likeness (QED) is 0.292. The third kappa shape index (κ3) is 9.97. The molecule has 2 aromatic rings. The number of phenolic OH excluding ortho intramolecular Hbond substituents is 2. The Bertz CT molecular complexity index is 1410. The number of rotatable bonds is 8. The predicted octanol–water partition coefficient (Wildman–Crippen LogP) is 11.8. The predicted molar refractivity (Wildman–Crippen MR) is 211 cm³/mol. The molecule has 4 rings (SSSR count). The number of carbonyl (C=O) groups is 1. The SMILES string of the molecule is CCCCC1CCC(=O)N1c1cc(C(C)(C)C)cc(C(C)(C)C)c1O.CCCCC1CCCN1c1cc(C(C)(C)C)cc(C(C)(C)C)c1O. The fourth-order valence-electron chi connectivity index (χ4n) is 7.33. The topological polar surface area (TPSA) is 64.0 Å². The van der Waals surface area contributed by atoms with Crippen LogP contribution < -0.4 is 9.80 Å². The molecule has 2 atom stereocenters. The van der Waals surface area contributed by atoms with Gasteiger partial charge in [0.15, 0.2) is 0 Å². The minimum absolute atomic E-state index is 0.0376. The Morgan fingerprint density at radius 2 is 1.08 bits per heavy atom. The molecule has 2 aliphatic heterocycles. The van der Waals surface area contributed by atoms with Gasteiger partial charge in [0.1, 0.15) is 11.5 Å². The maximum absolute atomic E-state index is 12.6. The van der Waals surface area contributed by atoms with Crippen LogP contribution in [0.5, 0.6) is 11.5 Å². The summed E-state index contributed by atoms with van der Waals surface area (Å²) in [5.74, 6) is 0.915. The number of phenols is 2. The summed E-state index contributed by atoms with van der Waals surface area (Å²) >= 11 is 0. The normalized spacial score (nSPS) is 19.0. The summed E-state index contributed by atoms with van der Waals surface area (Å²) in [7, 11) is 0. The molecule has 1 amide bonds. The molecule has 0 saturated carbocycles. The molecule has 2 saturated heterocycles. The Morgan fingerprint density at radius 3 is 1.53 bits per heavy atom. The molecule has 0 bridgehead atoms. The number of aromatic hydroxyl groups is 2. The summed E-state index contributed by atoms with van der Waals surface area (Å²) in [5, 5.41) is 22.1. The Labute approximate surface area is 300 Å². The molecular weight excluding hydrogens is 604 g/mol. The van der Waals surface area contributed by atoms with E-state index in [0.29, 0.717) is 23.9 Å². The number of hydrogen-bond acceptors (Lipinski definition) is 4. The van der Waals surface area contributed by atoms with Gasteiger partial charge in [-0.05, 0) is 77.0 Å². The Balaban J connectivity index is 0.000000266. The van der Waals surface area contributed by atoms with Crippen LogP contribution in [0.4, 0.5) is 11.4 Å². The lowest BCUT2D eigenvalue weighted by atomic mass is 9.79. The van der Waals surface area contributed by atoms with Crippen molar-refractivity contribution in [1.82, 2.24) is 0 Å². The van der Waals surface area contributed by atoms with E-state index >= 15 is 0 Å². The molecule has 276 valence electrons. The number of benzene rings is 2. The van der Waals surface area contributed by atoms with Crippen LogP contribution in [0, 0.1) is 0 Å². The summed E-state index contributed by atoms with van der Waals surface area (Å²) in [5.41, 5.74) is 6.06. The molecule has 0 aromatic heterocycles. The van der Waals surface area contributed by atoms with Crippen molar-refractivity contribution in [3.8, 4) is 11.5 Å². The zero-order chi connectivity index (χ0) is 37.1. The molecule has 2 heterocycles. The van der Waals surface area contributed by atoms with Gasteiger partial charge < -0.3 is 20.0 Å². The van der Waals surface area contributed by atoms with Gasteiger partial charge in [-0.3, -0.25) is 4.79 Å². The number of amides is 1. The number of carbonyl (C=O) groups excluding carboxylic acids is 1. The van der Waals surface area contributed by atoms with Crippen LogP contribution in [0.3, 0.4) is 0 Å². The minimum Gasteiger partial charge on any atom is -0.505 e. The van der Waals surface area contributed by atoms with E-state index in [1.807, 2.05) is 11.0 Å². The highest BCUT2D eigenvalue weighted by Gasteiger charge is 2.36. The third-order valence-electron chi connectivity index (χ3n) is 10.6. The van der Waals surface area contributed by atoms with Crippen molar-refractivity contribution < 1.29 is 15.0 Å². The molecule has 49 heavy (non-hydrogen) atoms. The first-order valence-corrected chi connectivity index (χ1v) is 19.4. The highest BCUT2D eigenvalue weighted by atomic mass is 16.3. The summed E-state index contributed by atoms with van der Waals surface area (Å²) in [4.78, 5) is 17.0. The molecule has 5 heteroatoms. The van der Waals surface area contributed by atoms with E-state index in [0.717, 1.165) is 49.0 Å². The number of hydrogen-bond donors (Lipinski definition) is 2. The van der Waals surface area contributed by atoms with Gasteiger partial charge in [-0.2, -0.15) is 0 Å². The second kappa shape index (κ2) is 15.7. The first kappa shape index (κ1) is 40.7. The fraction of sp³-hybridized carbons (Fsp3) is 0.705. The third-order valence-corrected chi connectivity index (χ3v) is 10.6. The first-order chi connectivity index (χ1) is 22.5. The van der Waals surface area contributed by atoms with Crippen molar-refractivity contribution >= 4 is 17.3 Å². The van der Waals surface area contributed by atoms with E-state index in [4.69, 9.17) is 0 Å². The molecule has 2 fully saturated rings. The molecule has 0 spiro atoms. The molecule has 2 aliphatic rings. The Hall–Kier alpha value is -2.69. The fourth-order valence-corrected chi connectivity index (χ4v) is 7.33. The molecule has 0 radical (unpaired) electrons. The maximum atomic E-state index is 12.6. The Kier molecular flexibility index (Phi) is 13.0. The van der Waals surface area contributed by atoms with Crippen molar-refractivity contribution in [2.75, 3.05) is 16.3 Å². The van der Waals surface area contributed by atoms with Crippen LogP contribution in [0.15, 0.2) is 24.3 Å². The van der Waals surface area contributed by atoms with Gasteiger partial charge in [0.25, 0.3) is 0 Å². The molecular formula is C44H72N2O3. The minimum atomic E-state index is -0.179. The monoisotopic (exact) mass is 677 g/mol. The van der Waals surface area contributed by atoms with E-state index in [1.165, 1.54) is 43.2 Å². The molecule has 5 nitrogen and oxygen atoms in total. The largest absolute Gasteiger partial charge is 0.505 e. The van der Waals surface area contributed by atoms with E-state index in [2.05, 4.69) is 120 Å². The van der Waals surface area contributed by atoms with Gasteiger partial charge in [-0.25, -0.2) is 0 Å². The van der Waals surface area contributed by atoms with Crippen molar-refractivity contribution in [1.29, 1.82) is 0 Å². The zero-order valence-electron chi connectivity index (χ0n) is 33.9. The van der Waals surface area contributed by atoms with Gasteiger partial charge in [-0.1, -0.05) is 135 Å². The van der Waals surface area contributed by atoms with Crippen LogP contribution in [0.25, 0.3) is 0 Å². The highest BCUT2D eigenvalue weighted by Crippen LogP contribution is 2.46. The number of anilines is 2. The van der Waals surface area contributed by atoms with Crippen molar-refractivity contribution in [3.63, 3.8) is 0 Å². The molecule has 0 aliphatic carbocycles. The number of unbranched alkanes of at least 4 members (excludes halogenated alkanes) is 2. The summed E-state index contributed by atoms with van der Waals surface area (Å²) < 4.78 is 0. The lowest BCUT2D eigenvalue weighted by molar-refractivity contribution is -0.117. The van der Waals surface area contributed by atoms with E-state index in [9.17, 15) is 15.0 Å². The van der Waals surface area contributed by atoms with Gasteiger partial charge in [0.05, 0.1) is 11.4 Å². The van der Waals surface area contributed by atoms with Gasteiger partial charge >= 0.3 is 0 Å². The lowest BCUT2D eigenvalue weighted by Crippen LogP contribution is -2.33. The van der Waals surface area contributed by atoms with Crippen LogP contribution >= 0.6 is 0 Å². The molecule has 2 N–H and O–H groups in total. The average molecular weight is 677 g/mol. The lowest BCUT2D eigenvalue weighted by Gasteiger charge is -2.33. The smallest absolute Gasteiger partial charge is 0.227 e. The summed E-state index contributed by atoms with van der Waals surface area (Å²) in [6.07, 6.45) is 11.0. The van der Waals surface area contributed by atoms with Crippen LogP contribution in [-0.4, -0.2) is 34.7 Å². The van der Waals surface area contributed by atoms with Gasteiger partial charge in [0.2, 0.25) is 5.91 Å². The highest BCUT2D eigenvalue weighted by molar-refractivity contribution is 5.98. The zero-order valence-corrected chi connectivity index (χ0v) is 33.9. The van der Waals surface area contributed by atoms with Crippen molar-refractivity contribution in [2.45, 2.75) is 195 Å². The summed E-state index contributed by atoms with van der Waals surface area (Å²) in [6.45, 7) is 31.7. The summed E-state index contributed by atoms with van der Waals surface area (Å²) in [6, 6.07) is 9.40. The average Bonchev–Trinajstić information content (AvgIpc) is 3.59. The standard InChI is InChI=1S/C22H35NO2.C22H37NO/c1-8-9-10-16-11-12-19(24)23(16)18-14-15(21(2,3)4)13-17(20(18)25)22(5,6)7;1-8-9-11-17-12-10-13-23(17)19-15-16(21(2,3)4)14-18(20(19)24)22(5,6)7/h13-14,16,25H,8-12H2,1-7H3;14-15,17,24H,8-13H2,1-7H3. The van der Waals surface area contributed by atoms with Crippen molar-refractivity contribution in [2.24, 2.45) is 0 Å². The second-order valence-corrected chi connectivity index (χ2v) is 19.0. The van der Waals surface area contributed by atoms with E-state index in [1.54, 1.807) is 0 Å². The van der Waals surface area contributed by atoms with E-state index < -0.39 is 0 Å². The first-order valence-electron chi connectivity index (χ1n) is 19.4. The number of nitrogens with zero attached hydrogens (tertiary/aromatic N) is 2.